The van der Waals surface area contributed by atoms with Crippen LogP contribution in [-0.4, -0.2) is 16.8 Å². The van der Waals surface area contributed by atoms with Gasteiger partial charge in [-0.2, -0.15) is 13.2 Å². The Morgan fingerprint density at radius 1 is 1.31 bits per heavy atom. The number of halogens is 3. The van der Waals surface area contributed by atoms with Crippen LogP contribution in [0.5, 0.6) is 5.88 Å². The normalized spacial score (nSPS) is 11.9. The Hall–Kier alpha value is -1.33. The molecule has 0 unspecified atom stereocenters. The highest BCUT2D eigenvalue weighted by molar-refractivity contribution is 5.30. The van der Waals surface area contributed by atoms with E-state index in [1.165, 1.54) is 0 Å². The second-order valence-electron chi connectivity index (χ2n) is 3.58. The van der Waals surface area contributed by atoms with Crippen LogP contribution in [0.25, 0.3) is 0 Å². The first-order valence-corrected chi connectivity index (χ1v) is 4.93. The highest BCUT2D eigenvalue weighted by atomic mass is 19.4. The largest absolute Gasteiger partial charge is 0.477 e. The molecule has 0 amide bonds. The zero-order valence-electron chi connectivity index (χ0n) is 9.30. The molecule has 0 atom stereocenters. The first kappa shape index (κ1) is 12.7. The van der Waals surface area contributed by atoms with Gasteiger partial charge < -0.3 is 4.74 Å². The van der Waals surface area contributed by atoms with Crippen LogP contribution in [0.2, 0.25) is 0 Å². The average Bonchev–Trinajstić information content (AvgIpc) is 2.16. The van der Waals surface area contributed by atoms with Gasteiger partial charge in [-0.3, -0.25) is 0 Å². The Labute approximate surface area is 91.6 Å². The molecule has 0 bridgehead atoms. The third-order valence-corrected chi connectivity index (χ3v) is 1.98. The fourth-order valence-electron chi connectivity index (χ4n) is 1.20. The van der Waals surface area contributed by atoms with Crippen molar-refractivity contribution in [3.05, 3.63) is 17.3 Å². The van der Waals surface area contributed by atoms with E-state index in [2.05, 4.69) is 10.2 Å². The first-order chi connectivity index (χ1) is 7.36. The van der Waals surface area contributed by atoms with Crippen LogP contribution in [0.1, 0.15) is 37.9 Å². The number of aromatic nitrogens is 2. The average molecular weight is 234 g/mol. The van der Waals surface area contributed by atoms with E-state index in [-0.39, 0.29) is 11.8 Å². The molecule has 1 heterocycles. The van der Waals surface area contributed by atoms with E-state index in [0.717, 1.165) is 6.07 Å². The van der Waals surface area contributed by atoms with Gasteiger partial charge in [-0.05, 0) is 18.9 Å². The summed E-state index contributed by atoms with van der Waals surface area (Å²) in [5.41, 5.74) is -0.566. The zero-order valence-corrected chi connectivity index (χ0v) is 9.30. The molecule has 0 aliphatic rings. The molecule has 0 fully saturated rings. The number of rotatable bonds is 3. The van der Waals surface area contributed by atoms with Gasteiger partial charge in [0.25, 0.3) is 0 Å². The molecular weight excluding hydrogens is 221 g/mol. The van der Waals surface area contributed by atoms with E-state index in [1.54, 1.807) is 20.8 Å². The third kappa shape index (κ3) is 2.84. The predicted molar refractivity (Wildman–Crippen MR) is 52.3 cm³/mol. The lowest BCUT2D eigenvalue weighted by molar-refractivity contribution is -0.141. The third-order valence-electron chi connectivity index (χ3n) is 1.98. The van der Waals surface area contributed by atoms with E-state index in [9.17, 15) is 13.2 Å². The first-order valence-electron chi connectivity index (χ1n) is 4.93. The number of hydrogen-bond acceptors (Lipinski definition) is 3. The molecule has 1 aromatic heterocycles. The molecule has 6 heteroatoms. The summed E-state index contributed by atoms with van der Waals surface area (Å²) in [5, 5.41) is 6.58. The van der Waals surface area contributed by atoms with Crippen LogP contribution in [0.15, 0.2) is 6.07 Å². The van der Waals surface area contributed by atoms with Gasteiger partial charge in [0.2, 0.25) is 5.88 Å². The number of nitrogens with zero attached hydrogens (tertiary/aromatic N) is 2. The molecule has 1 aromatic rings. The molecule has 1 rings (SSSR count). The van der Waals surface area contributed by atoms with Crippen LogP contribution >= 0.6 is 0 Å². The summed E-state index contributed by atoms with van der Waals surface area (Å²) >= 11 is 0. The Bertz CT molecular complexity index is 364. The number of ether oxygens (including phenoxy) is 1. The zero-order chi connectivity index (χ0) is 12.3. The minimum atomic E-state index is -4.47. The summed E-state index contributed by atoms with van der Waals surface area (Å²) < 4.78 is 42.3. The molecule has 0 aromatic carbocycles. The van der Waals surface area contributed by atoms with E-state index >= 15 is 0 Å². The lowest BCUT2D eigenvalue weighted by atomic mass is 10.0. The van der Waals surface area contributed by atoms with Crippen LogP contribution < -0.4 is 4.74 Å². The Morgan fingerprint density at radius 3 is 2.38 bits per heavy atom. The summed E-state index contributed by atoms with van der Waals surface area (Å²) in [6.07, 6.45) is -4.47. The minimum absolute atomic E-state index is 0.0989. The van der Waals surface area contributed by atoms with Gasteiger partial charge in [-0.25, -0.2) is 0 Å². The quantitative estimate of drug-likeness (QED) is 0.806. The van der Waals surface area contributed by atoms with Gasteiger partial charge in [0.1, 0.15) is 0 Å². The van der Waals surface area contributed by atoms with Crippen molar-refractivity contribution < 1.29 is 17.9 Å². The maximum Gasteiger partial charge on any atom is 0.435 e. The maximum absolute atomic E-state index is 12.4. The van der Waals surface area contributed by atoms with Gasteiger partial charge in [-0.1, -0.05) is 13.8 Å². The molecule has 90 valence electrons. The second kappa shape index (κ2) is 4.67. The second-order valence-corrected chi connectivity index (χ2v) is 3.58. The van der Waals surface area contributed by atoms with E-state index in [0.29, 0.717) is 12.2 Å². The Kier molecular flexibility index (Phi) is 3.72. The van der Waals surface area contributed by atoms with Crippen molar-refractivity contribution in [3.8, 4) is 5.88 Å². The fourth-order valence-corrected chi connectivity index (χ4v) is 1.20. The van der Waals surface area contributed by atoms with Gasteiger partial charge in [0.15, 0.2) is 5.69 Å². The Morgan fingerprint density at radius 2 is 1.94 bits per heavy atom. The lowest BCUT2D eigenvalue weighted by Gasteiger charge is -2.13. The van der Waals surface area contributed by atoms with Gasteiger partial charge in [-0.15, -0.1) is 10.2 Å². The highest BCUT2D eigenvalue weighted by Gasteiger charge is 2.34. The molecule has 0 saturated heterocycles. The SMILES string of the molecule is CCOc1nnc(C(F)(F)F)cc1C(C)C. The predicted octanol–water partition coefficient (Wildman–Crippen LogP) is 3.02. The monoisotopic (exact) mass is 234 g/mol. The van der Waals surface area contributed by atoms with Crippen molar-refractivity contribution in [3.63, 3.8) is 0 Å². The minimum Gasteiger partial charge on any atom is -0.477 e. The van der Waals surface area contributed by atoms with Crippen molar-refractivity contribution in [1.82, 2.24) is 10.2 Å². The molecule has 0 spiro atoms. The molecule has 0 radical (unpaired) electrons. The summed E-state index contributed by atoms with van der Waals surface area (Å²) in [6, 6.07) is 0.989. The fraction of sp³-hybridized carbons (Fsp3) is 0.600. The van der Waals surface area contributed by atoms with Crippen molar-refractivity contribution in [2.24, 2.45) is 0 Å². The highest BCUT2D eigenvalue weighted by Crippen LogP contribution is 2.32. The molecule has 0 aliphatic carbocycles. The molecule has 3 nitrogen and oxygen atoms in total. The van der Waals surface area contributed by atoms with Gasteiger partial charge >= 0.3 is 6.18 Å². The van der Waals surface area contributed by atoms with Gasteiger partial charge in [0, 0.05) is 5.56 Å². The van der Waals surface area contributed by atoms with Crippen LogP contribution in [-0.2, 0) is 6.18 Å². The van der Waals surface area contributed by atoms with E-state index in [4.69, 9.17) is 4.74 Å². The van der Waals surface area contributed by atoms with Crippen molar-refractivity contribution in [1.29, 1.82) is 0 Å². The summed E-state index contributed by atoms with van der Waals surface area (Å²) in [4.78, 5) is 0. The summed E-state index contributed by atoms with van der Waals surface area (Å²) in [5.74, 6) is 0.0728. The molecular formula is C10H13F3N2O. The van der Waals surface area contributed by atoms with Crippen LogP contribution in [0.4, 0.5) is 13.2 Å². The maximum atomic E-state index is 12.4. The van der Waals surface area contributed by atoms with Crippen molar-refractivity contribution in [2.75, 3.05) is 6.61 Å². The molecule has 0 aliphatic heterocycles. The molecule has 0 N–H and O–H groups in total. The Balaban J connectivity index is 3.17. The number of alkyl halides is 3. The van der Waals surface area contributed by atoms with Crippen molar-refractivity contribution >= 4 is 0 Å². The van der Waals surface area contributed by atoms with Crippen LogP contribution in [0.3, 0.4) is 0 Å². The van der Waals surface area contributed by atoms with Crippen molar-refractivity contribution in [2.45, 2.75) is 32.9 Å². The van der Waals surface area contributed by atoms with Gasteiger partial charge in [0.05, 0.1) is 6.61 Å². The van der Waals surface area contributed by atoms with E-state index < -0.39 is 11.9 Å². The smallest absolute Gasteiger partial charge is 0.435 e. The molecule has 0 saturated carbocycles. The topological polar surface area (TPSA) is 35.0 Å². The summed E-state index contributed by atoms with van der Waals surface area (Å²) in [6.45, 7) is 5.64. The lowest BCUT2D eigenvalue weighted by Crippen LogP contribution is -2.12. The molecule has 16 heavy (non-hydrogen) atoms. The van der Waals surface area contributed by atoms with E-state index in [1.807, 2.05) is 0 Å². The standard InChI is InChI=1S/C10H13F3N2O/c1-4-16-9-7(6(2)3)5-8(14-15-9)10(11,12)13/h5-6H,4H2,1-3H3. The van der Waals surface area contributed by atoms with Crippen LogP contribution in [0, 0.1) is 0 Å². The summed E-state index contributed by atoms with van der Waals surface area (Å²) in [7, 11) is 0. The number of hydrogen-bond donors (Lipinski definition) is 0.